The smallest absolute Gasteiger partial charge is 0.222 e. The Balaban J connectivity index is 1.45. The van der Waals surface area contributed by atoms with Crippen molar-refractivity contribution >= 4 is 17.4 Å². The van der Waals surface area contributed by atoms with Gasteiger partial charge < -0.3 is 15.1 Å². The highest BCUT2D eigenvalue weighted by molar-refractivity contribution is 5.78. The van der Waals surface area contributed by atoms with Gasteiger partial charge in [0.15, 0.2) is 5.65 Å². The molecule has 0 fully saturated rings. The van der Waals surface area contributed by atoms with Crippen molar-refractivity contribution in [2.45, 2.75) is 26.8 Å². The number of aryl methyl sites for hydroxylation is 2. The van der Waals surface area contributed by atoms with Crippen LogP contribution in [0, 0.1) is 13.8 Å². The van der Waals surface area contributed by atoms with Gasteiger partial charge in [-0.15, -0.1) is 0 Å². The lowest BCUT2D eigenvalue weighted by atomic mass is 10.1. The van der Waals surface area contributed by atoms with Crippen LogP contribution in [0.3, 0.4) is 0 Å². The van der Waals surface area contributed by atoms with Gasteiger partial charge in [-0.05, 0) is 26.0 Å². The molecule has 0 aliphatic rings. The van der Waals surface area contributed by atoms with Gasteiger partial charge in [0.25, 0.3) is 0 Å². The topological polar surface area (TPSA) is 84.5 Å². The predicted octanol–water partition coefficient (Wildman–Crippen LogP) is 3.72. The fourth-order valence-corrected chi connectivity index (χ4v) is 3.14. The maximum atomic E-state index is 12.2. The molecule has 0 bridgehead atoms. The number of carbonyl (C=O) groups excluding carboxylic acids is 1. The van der Waals surface area contributed by atoms with E-state index in [1.165, 1.54) is 5.56 Å². The number of aromatic nitrogens is 3. The zero-order valence-corrected chi connectivity index (χ0v) is 16.5. The van der Waals surface area contributed by atoms with Gasteiger partial charge in [-0.1, -0.05) is 29.8 Å². The number of benzene rings is 1. The van der Waals surface area contributed by atoms with Crippen LogP contribution in [0.1, 0.15) is 23.5 Å². The third kappa shape index (κ3) is 4.29. The van der Waals surface area contributed by atoms with Gasteiger partial charge in [-0.2, -0.15) is 0 Å². The number of hydrogen-bond donors (Lipinski definition) is 2. The van der Waals surface area contributed by atoms with Crippen molar-refractivity contribution in [1.82, 2.24) is 19.7 Å². The lowest BCUT2D eigenvalue weighted by Crippen LogP contribution is -2.24. The van der Waals surface area contributed by atoms with E-state index in [1.807, 2.05) is 41.8 Å². The Morgan fingerprint density at radius 3 is 2.72 bits per heavy atom. The quantitative estimate of drug-likeness (QED) is 0.503. The minimum atomic E-state index is -0.0427. The molecule has 7 nitrogen and oxygen atoms in total. The van der Waals surface area contributed by atoms with E-state index in [-0.39, 0.29) is 5.91 Å². The molecule has 4 rings (SSSR count). The fourth-order valence-electron chi connectivity index (χ4n) is 3.14. The molecule has 0 saturated carbocycles. The van der Waals surface area contributed by atoms with E-state index >= 15 is 0 Å². The molecule has 0 unspecified atom stereocenters. The van der Waals surface area contributed by atoms with E-state index in [0.717, 1.165) is 34.2 Å². The number of nitrogens with zero attached hydrogens (tertiary/aromatic N) is 3. The molecule has 1 amide bonds. The van der Waals surface area contributed by atoms with Crippen LogP contribution in [-0.2, 0) is 11.3 Å². The predicted molar refractivity (Wildman–Crippen MR) is 112 cm³/mol. The molecule has 4 aromatic rings. The molecule has 29 heavy (non-hydrogen) atoms. The Labute approximate surface area is 168 Å². The highest BCUT2D eigenvalue weighted by atomic mass is 16.3. The summed E-state index contributed by atoms with van der Waals surface area (Å²) in [7, 11) is 0. The molecule has 3 heterocycles. The summed E-state index contributed by atoms with van der Waals surface area (Å²) >= 11 is 0. The number of carbonyl (C=O) groups is 1. The summed E-state index contributed by atoms with van der Waals surface area (Å²) in [6.07, 6.45) is 5.64. The SMILES string of the molecule is Cc1ccc(-c2nc3cnccn3c2NCCC(=O)NCc2ccc(C)o2)cc1. The first-order valence-corrected chi connectivity index (χ1v) is 9.55. The van der Waals surface area contributed by atoms with Crippen molar-refractivity contribution in [3.05, 3.63) is 72.1 Å². The normalized spacial score (nSPS) is 11.0. The minimum absolute atomic E-state index is 0.0427. The zero-order chi connectivity index (χ0) is 20.2. The average Bonchev–Trinajstić information content (AvgIpc) is 3.31. The molecular weight excluding hydrogens is 366 g/mol. The highest BCUT2D eigenvalue weighted by Crippen LogP contribution is 2.28. The lowest BCUT2D eigenvalue weighted by Gasteiger charge is -2.09. The summed E-state index contributed by atoms with van der Waals surface area (Å²) in [4.78, 5) is 21.1. The van der Waals surface area contributed by atoms with Gasteiger partial charge >= 0.3 is 0 Å². The molecule has 3 aromatic heterocycles. The maximum Gasteiger partial charge on any atom is 0.222 e. The van der Waals surface area contributed by atoms with E-state index in [9.17, 15) is 4.79 Å². The maximum absolute atomic E-state index is 12.2. The number of imidazole rings is 1. The van der Waals surface area contributed by atoms with Crippen molar-refractivity contribution < 1.29 is 9.21 Å². The summed E-state index contributed by atoms with van der Waals surface area (Å²) < 4.78 is 7.42. The van der Waals surface area contributed by atoms with Crippen molar-refractivity contribution in [2.24, 2.45) is 0 Å². The van der Waals surface area contributed by atoms with Crippen molar-refractivity contribution in [3.8, 4) is 11.3 Å². The molecule has 0 saturated heterocycles. The Morgan fingerprint density at radius 1 is 1.14 bits per heavy atom. The summed E-state index contributed by atoms with van der Waals surface area (Å²) in [6, 6.07) is 12.0. The molecule has 0 spiro atoms. The van der Waals surface area contributed by atoms with Gasteiger partial charge in [0.2, 0.25) is 5.91 Å². The van der Waals surface area contributed by atoms with Gasteiger partial charge in [0.05, 0.1) is 12.7 Å². The Bertz CT molecular complexity index is 1130. The van der Waals surface area contributed by atoms with Gasteiger partial charge in [0, 0.05) is 30.9 Å². The molecule has 0 aliphatic carbocycles. The molecule has 2 N–H and O–H groups in total. The first kappa shape index (κ1) is 18.7. The first-order valence-electron chi connectivity index (χ1n) is 9.55. The summed E-state index contributed by atoms with van der Waals surface area (Å²) in [5.41, 5.74) is 3.80. The van der Waals surface area contributed by atoms with Crippen molar-refractivity contribution in [2.75, 3.05) is 11.9 Å². The number of nitrogens with one attached hydrogen (secondary N) is 2. The number of amides is 1. The van der Waals surface area contributed by atoms with Gasteiger partial charge in [0.1, 0.15) is 23.0 Å². The zero-order valence-electron chi connectivity index (χ0n) is 16.5. The van der Waals surface area contributed by atoms with Crippen LogP contribution in [0.4, 0.5) is 5.82 Å². The van der Waals surface area contributed by atoms with E-state index < -0.39 is 0 Å². The standard InChI is InChI=1S/C22H23N5O2/c1-15-3-6-17(7-4-15)21-22(27-12-11-23-14-19(27)26-21)24-10-9-20(28)25-13-18-8-5-16(2)29-18/h3-8,11-12,14,24H,9-10,13H2,1-2H3,(H,25,28). The van der Waals surface area contributed by atoms with Crippen LogP contribution < -0.4 is 10.6 Å². The Morgan fingerprint density at radius 2 is 1.97 bits per heavy atom. The van der Waals surface area contributed by atoms with Crippen molar-refractivity contribution in [1.29, 1.82) is 0 Å². The highest BCUT2D eigenvalue weighted by Gasteiger charge is 2.14. The number of anilines is 1. The Kier molecular flexibility index (Phi) is 5.29. The molecular formula is C22H23N5O2. The van der Waals surface area contributed by atoms with Gasteiger partial charge in [-0.3, -0.25) is 14.2 Å². The molecule has 148 valence electrons. The third-order valence-electron chi connectivity index (χ3n) is 4.66. The minimum Gasteiger partial charge on any atom is -0.465 e. The summed E-state index contributed by atoms with van der Waals surface area (Å²) in [5, 5.41) is 6.25. The second-order valence-corrected chi connectivity index (χ2v) is 6.95. The number of fused-ring (bicyclic) bond motifs is 1. The van der Waals surface area contributed by atoms with E-state index in [1.54, 1.807) is 12.4 Å². The molecule has 0 atom stereocenters. The van der Waals surface area contributed by atoms with Crippen LogP contribution in [0.15, 0.2) is 59.4 Å². The summed E-state index contributed by atoms with van der Waals surface area (Å²) in [5.74, 6) is 2.39. The van der Waals surface area contributed by atoms with Crippen LogP contribution in [0.5, 0.6) is 0 Å². The number of rotatable bonds is 7. The van der Waals surface area contributed by atoms with E-state index in [2.05, 4.69) is 34.7 Å². The Hall–Kier alpha value is -3.61. The van der Waals surface area contributed by atoms with Crippen molar-refractivity contribution in [3.63, 3.8) is 0 Å². The molecule has 1 aromatic carbocycles. The largest absolute Gasteiger partial charge is 0.465 e. The number of furan rings is 1. The second-order valence-electron chi connectivity index (χ2n) is 6.95. The third-order valence-corrected chi connectivity index (χ3v) is 4.66. The van der Waals surface area contributed by atoms with E-state index in [0.29, 0.717) is 19.5 Å². The average molecular weight is 389 g/mol. The summed E-state index contributed by atoms with van der Waals surface area (Å²) in [6.45, 7) is 4.81. The van der Waals surface area contributed by atoms with Crippen LogP contribution in [0.25, 0.3) is 16.9 Å². The lowest BCUT2D eigenvalue weighted by molar-refractivity contribution is -0.121. The van der Waals surface area contributed by atoms with E-state index in [4.69, 9.17) is 9.40 Å². The molecule has 7 heteroatoms. The van der Waals surface area contributed by atoms with Crippen LogP contribution in [0.2, 0.25) is 0 Å². The first-order chi connectivity index (χ1) is 14.1. The molecule has 0 aliphatic heterocycles. The van der Waals surface area contributed by atoms with Crippen LogP contribution >= 0.6 is 0 Å². The van der Waals surface area contributed by atoms with Gasteiger partial charge in [-0.25, -0.2) is 4.98 Å². The second kappa shape index (κ2) is 8.18. The fraction of sp³-hybridized carbons (Fsp3) is 0.227. The monoisotopic (exact) mass is 389 g/mol. The van der Waals surface area contributed by atoms with Crippen LogP contribution in [-0.4, -0.2) is 26.8 Å². The number of hydrogen-bond acceptors (Lipinski definition) is 5. The molecule has 0 radical (unpaired) electrons.